The summed E-state index contributed by atoms with van der Waals surface area (Å²) in [4.78, 5) is 22.8. The minimum absolute atomic E-state index is 0.244. The topological polar surface area (TPSA) is 90.2 Å². The number of halogens is 1. The molecular weight excluding hydrogens is 266 g/mol. The zero-order valence-corrected chi connectivity index (χ0v) is 10.3. The Morgan fingerprint density at radius 1 is 1.53 bits per heavy atom. The number of rotatable bonds is 3. The quantitative estimate of drug-likeness (QED) is 0.503. The Bertz CT molecular complexity index is 616. The van der Waals surface area contributed by atoms with Gasteiger partial charge in [0.15, 0.2) is 0 Å². The molecule has 0 unspecified atom stereocenters. The summed E-state index contributed by atoms with van der Waals surface area (Å²) in [6, 6.07) is 3.26. The van der Waals surface area contributed by atoms with E-state index in [-0.39, 0.29) is 5.56 Å². The van der Waals surface area contributed by atoms with Gasteiger partial charge in [-0.05, 0) is 19.1 Å². The van der Waals surface area contributed by atoms with E-state index in [9.17, 15) is 4.79 Å². The van der Waals surface area contributed by atoms with Crippen LogP contribution < -0.4 is 11.5 Å². The first-order valence-corrected chi connectivity index (χ1v) is 5.64. The molecule has 0 aliphatic heterocycles. The first kappa shape index (κ1) is 12.3. The van der Waals surface area contributed by atoms with Crippen molar-refractivity contribution in [3.05, 3.63) is 33.2 Å². The van der Waals surface area contributed by atoms with Gasteiger partial charge in [0.1, 0.15) is 5.69 Å². The van der Waals surface area contributed by atoms with Gasteiger partial charge in [-0.25, -0.2) is 4.98 Å². The average Bonchev–Trinajstić information content (AvgIpc) is 2.29. The Kier molecular flexibility index (Phi) is 3.65. The number of hydrogen-bond acceptors (Lipinski definition) is 6. The second-order valence-electron chi connectivity index (χ2n) is 3.20. The first-order chi connectivity index (χ1) is 8.11. The van der Waals surface area contributed by atoms with Gasteiger partial charge >= 0.3 is 0 Å². The summed E-state index contributed by atoms with van der Waals surface area (Å²) in [5.41, 5.74) is 1.31. The highest BCUT2D eigenvalue weighted by atomic mass is 35.5. The summed E-state index contributed by atoms with van der Waals surface area (Å²) in [6.07, 6.45) is 0. The maximum atomic E-state index is 11.4. The van der Waals surface area contributed by atoms with Crippen molar-refractivity contribution in [2.75, 3.05) is 0 Å². The van der Waals surface area contributed by atoms with Gasteiger partial charge in [-0.3, -0.25) is 4.79 Å². The number of aromatic nitrogens is 2. The number of nitrogens with one attached hydrogen (secondary N) is 1. The third kappa shape index (κ3) is 2.59. The Balaban J connectivity index is 2.55. The summed E-state index contributed by atoms with van der Waals surface area (Å²) in [6.45, 7) is 1.63. The van der Waals surface area contributed by atoms with Gasteiger partial charge in [-0.1, -0.05) is 11.6 Å². The Hall–Kier alpha value is -1.12. The van der Waals surface area contributed by atoms with E-state index in [0.717, 1.165) is 12.0 Å². The van der Waals surface area contributed by atoms with Crippen molar-refractivity contribution in [2.45, 2.75) is 11.8 Å². The number of benzene rings is 1. The normalized spacial score (nSPS) is 11.0. The number of nitrogens with two attached hydrogens (primary N) is 1. The molecule has 0 spiro atoms. The molecule has 3 N–H and O–H groups in total. The molecule has 2 rings (SSSR count). The molecule has 0 saturated carbocycles. The van der Waals surface area contributed by atoms with Crippen molar-refractivity contribution in [3.8, 4) is 0 Å². The lowest BCUT2D eigenvalue weighted by Gasteiger charge is -2.04. The van der Waals surface area contributed by atoms with E-state index in [1.807, 2.05) is 0 Å². The van der Waals surface area contributed by atoms with E-state index in [2.05, 4.69) is 19.3 Å². The lowest BCUT2D eigenvalue weighted by molar-refractivity contribution is -0.195. The van der Waals surface area contributed by atoms with Crippen molar-refractivity contribution < 1.29 is 9.32 Å². The van der Waals surface area contributed by atoms with E-state index in [1.165, 1.54) is 0 Å². The highest BCUT2D eigenvalue weighted by Gasteiger charge is 2.08. The van der Waals surface area contributed by atoms with Gasteiger partial charge in [-0.2, -0.15) is 5.90 Å². The third-order valence-corrected chi connectivity index (χ3v) is 3.17. The predicted molar refractivity (Wildman–Crippen MR) is 64.3 cm³/mol. The zero-order chi connectivity index (χ0) is 12.4. The van der Waals surface area contributed by atoms with Crippen LogP contribution in [-0.4, -0.2) is 9.97 Å². The van der Waals surface area contributed by atoms with Crippen LogP contribution >= 0.6 is 23.6 Å². The van der Waals surface area contributed by atoms with E-state index in [0.29, 0.717) is 26.6 Å². The smallest absolute Gasteiger partial charge is 0.269 e. The van der Waals surface area contributed by atoms with Crippen LogP contribution in [0.4, 0.5) is 0 Å². The molecule has 1 heterocycles. The fourth-order valence-electron chi connectivity index (χ4n) is 1.30. The van der Waals surface area contributed by atoms with Crippen LogP contribution in [0.25, 0.3) is 11.0 Å². The van der Waals surface area contributed by atoms with Crippen molar-refractivity contribution in [1.29, 1.82) is 0 Å². The number of aryl methyl sites for hydroxylation is 1. The molecule has 0 saturated heterocycles. The lowest BCUT2D eigenvalue weighted by atomic mass is 10.3. The summed E-state index contributed by atoms with van der Waals surface area (Å²) < 4.78 is 4.50. The van der Waals surface area contributed by atoms with Gasteiger partial charge in [0.25, 0.3) is 5.56 Å². The summed E-state index contributed by atoms with van der Waals surface area (Å²) >= 11 is 6.84. The minimum Gasteiger partial charge on any atom is -0.319 e. The molecule has 17 heavy (non-hydrogen) atoms. The van der Waals surface area contributed by atoms with Gasteiger partial charge in [0.05, 0.1) is 33.0 Å². The molecule has 1 aromatic carbocycles. The van der Waals surface area contributed by atoms with Crippen molar-refractivity contribution in [2.24, 2.45) is 5.90 Å². The number of nitrogens with zero attached hydrogens (tertiary/aromatic N) is 1. The molecule has 0 fully saturated rings. The Morgan fingerprint density at radius 3 is 3.00 bits per heavy atom. The molecule has 6 nitrogen and oxygen atoms in total. The standard InChI is InChI=1S/C9H8ClN3O3S/c1-4-9(14)13-7-3-8(17-16-15-11)5(10)2-6(7)12-4/h2-3H,11H2,1H3,(H,13,14). The monoisotopic (exact) mass is 273 g/mol. The van der Waals surface area contributed by atoms with Gasteiger partial charge < -0.3 is 4.98 Å². The summed E-state index contributed by atoms with van der Waals surface area (Å²) in [5.74, 6) is 4.73. The van der Waals surface area contributed by atoms with Crippen molar-refractivity contribution >= 4 is 34.7 Å². The lowest BCUT2D eigenvalue weighted by Crippen LogP contribution is -2.11. The molecule has 0 bridgehead atoms. The molecule has 0 aliphatic carbocycles. The molecule has 90 valence electrons. The van der Waals surface area contributed by atoms with Crippen LogP contribution in [0.2, 0.25) is 5.02 Å². The second kappa shape index (κ2) is 5.03. The predicted octanol–water partition coefficient (Wildman–Crippen LogP) is 1.71. The zero-order valence-electron chi connectivity index (χ0n) is 8.69. The highest BCUT2D eigenvalue weighted by molar-refractivity contribution is 7.94. The summed E-state index contributed by atoms with van der Waals surface area (Å²) in [7, 11) is 0. The van der Waals surface area contributed by atoms with Gasteiger partial charge in [-0.15, -0.1) is 9.32 Å². The van der Waals surface area contributed by atoms with E-state index in [1.54, 1.807) is 19.1 Å². The SMILES string of the molecule is Cc1nc2cc(Cl)c(SOON)cc2[nH]c1=O. The Morgan fingerprint density at radius 2 is 2.29 bits per heavy atom. The maximum absolute atomic E-state index is 11.4. The van der Waals surface area contributed by atoms with E-state index < -0.39 is 0 Å². The first-order valence-electron chi connectivity index (χ1n) is 4.52. The van der Waals surface area contributed by atoms with Crippen LogP contribution in [0.1, 0.15) is 5.69 Å². The number of fused-ring (bicyclic) bond motifs is 1. The minimum atomic E-state index is -0.244. The maximum Gasteiger partial charge on any atom is 0.269 e. The number of aromatic amines is 1. The highest BCUT2D eigenvalue weighted by Crippen LogP contribution is 2.30. The average molecular weight is 274 g/mol. The van der Waals surface area contributed by atoms with Gasteiger partial charge in [0, 0.05) is 0 Å². The molecule has 0 amide bonds. The van der Waals surface area contributed by atoms with Gasteiger partial charge in [0.2, 0.25) is 0 Å². The molecule has 0 aliphatic rings. The van der Waals surface area contributed by atoms with Crippen LogP contribution in [-0.2, 0) is 9.32 Å². The fraction of sp³-hybridized carbons (Fsp3) is 0.111. The van der Waals surface area contributed by atoms with Crippen molar-refractivity contribution in [3.63, 3.8) is 0 Å². The Labute approximate surface area is 105 Å². The molecule has 1 aromatic heterocycles. The second-order valence-corrected chi connectivity index (χ2v) is 4.35. The van der Waals surface area contributed by atoms with Crippen LogP contribution in [0.5, 0.6) is 0 Å². The van der Waals surface area contributed by atoms with E-state index >= 15 is 0 Å². The molecule has 8 heteroatoms. The number of H-pyrrole nitrogens is 1. The van der Waals surface area contributed by atoms with Crippen LogP contribution in [0, 0.1) is 6.92 Å². The largest absolute Gasteiger partial charge is 0.319 e. The molecular formula is C9H8ClN3O3S. The molecule has 0 radical (unpaired) electrons. The number of hydrogen-bond donors (Lipinski definition) is 2. The van der Waals surface area contributed by atoms with Crippen LogP contribution in [0.15, 0.2) is 21.8 Å². The molecule has 0 atom stereocenters. The fourth-order valence-corrected chi connectivity index (χ4v) is 1.97. The molecule has 2 aromatic rings. The van der Waals surface area contributed by atoms with Crippen molar-refractivity contribution in [1.82, 2.24) is 9.97 Å². The van der Waals surface area contributed by atoms with E-state index in [4.69, 9.17) is 17.5 Å². The third-order valence-electron chi connectivity index (χ3n) is 2.08. The van der Waals surface area contributed by atoms with Crippen LogP contribution in [0.3, 0.4) is 0 Å². The summed E-state index contributed by atoms with van der Waals surface area (Å²) in [5, 5.41) is 0.429.